The first kappa shape index (κ1) is 18.8. The van der Waals surface area contributed by atoms with Crippen molar-refractivity contribution < 1.29 is 9.47 Å². The Labute approximate surface area is 157 Å². The lowest BCUT2D eigenvalue weighted by Gasteiger charge is -2.20. The fourth-order valence-electron chi connectivity index (χ4n) is 3.74. The smallest absolute Gasteiger partial charge is 0.122 e. The van der Waals surface area contributed by atoms with E-state index < -0.39 is 0 Å². The second-order valence-electron chi connectivity index (χ2n) is 7.10. The van der Waals surface area contributed by atoms with E-state index in [1.165, 1.54) is 30.5 Å². The van der Waals surface area contributed by atoms with Crippen LogP contribution < -0.4 is 9.47 Å². The summed E-state index contributed by atoms with van der Waals surface area (Å²) in [6.07, 6.45) is 5.71. The number of nitrogens with zero attached hydrogens (tertiary/aromatic N) is 1. The zero-order chi connectivity index (χ0) is 18.2. The molecule has 1 unspecified atom stereocenters. The quantitative estimate of drug-likeness (QED) is 0.650. The Hall–Kier alpha value is -2.00. The van der Waals surface area contributed by atoms with Crippen molar-refractivity contribution in [2.45, 2.75) is 45.1 Å². The van der Waals surface area contributed by atoms with Crippen LogP contribution in [0.2, 0.25) is 0 Å². The van der Waals surface area contributed by atoms with E-state index in [0.717, 1.165) is 37.4 Å². The first-order valence-electron chi connectivity index (χ1n) is 9.89. The van der Waals surface area contributed by atoms with Crippen molar-refractivity contribution in [3.05, 3.63) is 59.7 Å². The lowest BCUT2D eigenvalue weighted by molar-refractivity contribution is 0.232. The highest BCUT2D eigenvalue weighted by molar-refractivity contribution is 5.35. The van der Waals surface area contributed by atoms with E-state index >= 15 is 0 Å². The summed E-state index contributed by atoms with van der Waals surface area (Å²) >= 11 is 0. The average Bonchev–Trinajstić information content (AvgIpc) is 3.06. The van der Waals surface area contributed by atoms with Gasteiger partial charge in [0.15, 0.2) is 0 Å². The summed E-state index contributed by atoms with van der Waals surface area (Å²) in [4.78, 5) is 2.46. The molecular weight excluding hydrogens is 322 g/mol. The molecule has 0 N–H and O–H groups in total. The van der Waals surface area contributed by atoms with Gasteiger partial charge in [-0.2, -0.15) is 0 Å². The van der Waals surface area contributed by atoms with Gasteiger partial charge in [-0.1, -0.05) is 30.3 Å². The first-order chi connectivity index (χ1) is 12.8. The number of hydrogen-bond donors (Lipinski definition) is 0. The fourth-order valence-corrected chi connectivity index (χ4v) is 3.74. The zero-order valence-corrected chi connectivity index (χ0v) is 16.1. The molecule has 3 heteroatoms. The van der Waals surface area contributed by atoms with Gasteiger partial charge in [-0.3, -0.25) is 0 Å². The van der Waals surface area contributed by atoms with Crippen molar-refractivity contribution in [1.82, 2.24) is 4.90 Å². The number of rotatable bonds is 9. The molecule has 1 heterocycles. The molecule has 1 aliphatic rings. The molecule has 26 heavy (non-hydrogen) atoms. The highest BCUT2D eigenvalue weighted by atomic mass is 16.5. The molecule has 0 aromatic heterocycles. The van der Waals surface area contributed by atoms with Gasteiger partial charge in [0.25, 0.3) is 0 Å². The van der Waals surface area contributed by atoms with E-state index in [-0.39, 0.29) is 0 Å². The van der Waals surface area contributed by atoms with Gasteiger partial charge in [0, 0.05) is 6.04 Å². The molecule has 0 aliphatic carbocycles. The molecule has 0 spiro atoms. The van der Waals surface area contributed by atoms with E-state index in [2.05, 4.69) is 54.4 Å². The molecule has 0 saturated carbocycles. The molecule has 2 aromatic rings. The second kappa shape index (κ2) is 9.63. The van der Waals surface area contributed by atoms with Crippen LogP contribution in [-0.4, -0.2) is 37.7 Å². The van der Waals surface area contributed by atoms with E-state index in [1.807, 2.05) is 13.0 Å². The van der Waals surface area contributed by atoms with E-state index in [1.54, 1.807) is 0 Å². The van der Waals surface area contributed by atoms with Gasteiger partial charge < -0.3 is 14.4 Å². The van der Waals surface area contributed by atoms with Crippen LogP contribution in [0.5, 0.6) is 11.5 Å². The lowest BCUT2D eigenvalue weighted by atomic mass is 10.0. The Bertz CT molecular complexity index is 685. The van der Waals surface area contributed by atoms with Crippen LogP contribution >= 0.6 is 0 Å². The maximum atomic E-state index is 6.15. The Morgan fingerprint density at radius 2 is 1.92 bits per heavy atom. The Kier molecular flexibility index (Phi) is 6.96. The molecule has 1 saturated heterocycles. The molecule has 1 atom stereocenters. The first-order valence-corrected chi connectivity index (χ1v) is 9.89. The molecular formula is C23H31NO2. The van der Waals surface area contributed by atoms with Crippen molar-refractivity contribution in [3.8, 4) is 11.5 Å². The second-order valence-corrected chi connectivity index (χ2v) is 7.10. The van der Waals surface area contributed by atoms with Crippen LogP contribution in [0.4, 0.5) is 0 Å². The van der Waals surface area contributed by atoms with Gasteiger partial charge in [0.2, 0.25) is 0 Å². The minimum atomic E-state index is 0.684. The fraction of sp³-hybridized carbons (Fsp3) is 0.478. The number of ether oxygens (including phenoxy) is 2. The minimum Gasteiger partial charge on any atom is -0.494 e. The molecule has 1 fully saturated rings. The molecule has 3 nitrogen and oxygen atoms in total. The highest BCUT2D eigenvalue weighted by Gasteiger charge is 2.20. The molecule has 1 aliphatic heterocycles. The maximum Gasteiger partial charge on any atom is 0.122 e. The average molecular weight is 354 g/mol. The third kappa shape index (κ3) is 5.25. The van der Waals surface area contributed by atoms with Gasteiger partial charge in [-0.05, 0) is 81.9 Å². The summed E-state index contributed by atoms with van der Waals surface area (Å²) < 4.78 is 11.8. The summed E-state index contributed by atoms with van der Waals surface area (Å²) in [6.45, 7) is 4.74. The van der Waals surface area contributed by atoms with Crippen LogP contribution in [0, 0.1) is 0 Å². The summed E-state index contributed by atoms with van der Waals surface area (Å²) in [5, 5.41) is 0. The topological polar surface area (TPSA) is 21.7 Å². The number of aryl methyl sites for hydroxylation is 2. The van der Waals surface area contributed by atoms with Crippen LogP contribution in [0.3, 0.4) is 0 Å². The van der Waals surface area contributed by atoms with Crippen LogP contribution in [0.15, 0.2) is 48.5 Å². The third-order valence-corrected chi connectivity index (χ3v) is 5.25. The third-order valence-electron chi connectivity index (χ3n) is 5.25. The van der Waals surface area contributed by atoms with E-state index in [9.17, 15) is 0 Å². The summed E-state index contributed by atoms with van der Waals surface area (Å²) in [7, 11) is 2.22. The molecule has 140 valence electrons. The van der Waals surface area contributed by atoms with Crippen molar-refractivity contribution >= 4 is 0 Å². The Balaban J connectivity index is 1.54. The Morgan fingerprint density at radius 1 is 1.04 bits per heavy atom. The van der Waals surface area contributed by atoms with E-state index in [4.69, 9.17) is 9.47 Å². The monoisotopic (exact) mass is 353 g/mol. The summed E-state index contributed by atoms with van der Waals surface area (Å²) in [5.74, 6) is 1.99. The minimum absolute atomic E-state index is 0.684. The largest absolute Gasteiger partial charge is 0.494 e. The predicted octanol–water partition coefficient (Wildman–Crippen LogP) is 4.73. The predicted molar refractivity (Wildman–Crippen MR) is 107 cm³/mol. The zero-order valence-electron chi connectivity index (χ0n) is 16.1. The van der Waals surface area contributed by atoms with Crippen molar-refractivity contribution in [2.75, 3.05) is 26.8 Å². The van der Waals surface area contributed by atoms with Gasteiger partial charge >= 0.3 is 0 Å². The maximum absolute atomic E-state index is 6.15. The van der Waals surface area contributed by atoms with Crippen molar-refractivity contribution in [3.63, 3.8) is 0 Å². The molecule has 3 rings (SSSR count). The number of likely N-dealkylation sites (tertiary alicyclic amines) is 1. The molecule has 0 amide bonds. The summed E-state index contributed by atoms with van der Waals surface area (Å²) in [6, 6.07) is 17.5. The summed E-state index contributed by atoms with van der Waals surface area (Å²) in [5.41, 5.74) is 2.59. The molecule has 0 radical (unpaired) electrons. The van der Waals surface area contributed by atoms with Crippen LogP contribution in [0.25, 0.3) is 0 Å². The molecule has 0 bridgehead atoms. The van der Waals surface area contributed by atoms with Gasteiger partial charge in [0.1, 0.15) is 11.5 Å². The lowest BCUT2D eigenvalue weighted by Crippen LogP contribution is -2.26. The van der Waals surface area contributed by atoms with Gasteiger partial charge in [0.05, 0.1) is 13.2 Å². The standard InChI is InChI=1S/C23H31NO2/c1-3-25-22-11-6-8-19(18-22)13-14-20-9-4-5-12-23(20)26-17-15-21-10-7-16-24(21)2/h4-6,8-9,11-12,18,21H,3,7,10,13-17H2,1-2H3. The van der Waals surface area contributed by atoms with E-state index in [0.29, 0.717) is 12.6 Å². The van der Waals surface area contributed by atoms with Crippen LogP contribution in [0.1, 0.15) is 37.3 Å². The number of benzene rings is 2. The molecule has 2 aromatic carbocycles. The highest BCUT2D eigenvalue weighted by Crippen LogP contribution is 2.23. The number of para-hydroxylation sites is 1. The van der Waals surface area contributed by atoms with Crippen molar-refractivity contribution in [2.24, 2.45) is 0 Å². The SMILES string of the molecule is CCOc1cccc(CCc2ccccc2OCCC2CCCN2C)c1. The van der Waals surface area contributed by atoms with Crippen LogP contribution in [-0.2, 0) is 12.8 Å². The van der Waals surface area contributed by atoms with Gasteiger partial charge in [-0.15, -0.1) is 0 Å². The number of hydrogen-bond acceptors (Lipinski definition) is 3. The van der Waals surface area contributed by atoms with Gasteiger partial charge in [-0.25, -0.2) is 0 Å². The normalized spacial score (nSPS) is 17.4. The Morgan fingerprint density at radius 3 is 2.73 bits per heavy atom. The van der Waals surface area contributed by atoms with Crippen molar-refractivity contribution in [1.29, 1.82) is 0 Å².